The number of rotatable bonds is 5. The number of pyridine rings is 1. The maximum atomic E-state index is 14.1. The Balaban J connectivity index is 1.57. The fourth-order valence-corrected chi connectivity index (χ4v) is 4.32. The molecule has 1 aromatic heterocycles. The smallest absolute Gasteiger partial charge is 0.249 e. The fourth-order valence-electron chi connectivity index (χ4n) is 4.32. The molecule has 3 unspecified atom stereocenters. The summed E-state index contributed by atoms with van der Waals surface area (Å²) in [4.78, 5) is 26.7. The first-order valence-corrected chi connectivity index (χ1v) is 10.7. The van der Waals surface area contributed by atoms with E-state index >= 15 is 0 Å². The van der Waals surface area contributed by atoms with Crippen molar-refractivity contribution in [3.8, 4) is 0 Å². The molecular weight excluding hydrogens is 375 g/mol. The van der Waals surface area contributed by atoms with Crippen molar-refractivity contribution in [1.82, 2.24) is 4.98 Å². The van der Waals surface area contributed by atoms with Gasteiger partial charge >= 0.3 is 0 Å². The number of hydrogen-bond donors (Lipinski definition) is 2. The van der Waals surface area contributed by atoms with Gasteiger partial charge in [-0.1, -0.05) is 0 Å². The second-order valence-electron chi connectivity index (χ2n) is 9.25. The zero-order valence-electron chi connectivity index (χ0n) is 17.6. The molecule has 0 bridgehead atoms. The second-order valence-corrected chi connectivity index (χ2v) is 9.25. The number of amides is 1. The van der Waals surface area contributed by atoms with Crippen LogP contribution in [-0.2, 0) is 14.3 Å². The summed E-state index contributed by atoms with van der Waals surface area (Å²) < 4.78 is 26.4. The largest absolute Gasteiger partial charge is 0.374 e. The van der Waals surface area contributed by atoms with Crippen LogP contribution in [0, 0.1) is 5.92 Å². The number of ether oxygens (including phenoxy) is 2. The van der Waals surface area contributed by atoms with Crippen molar-refractivity contribution < 1.29 is 18.7 Å². The van der Waals surface area contributed by atoms with Crippen LogP contribution in [0.15, 0.2) is 23.1 Å². The predicted molar refractivity (Wildman–Crippen MR) is 110 cm³/mol. The Morgan fingerprint density at radius 3 is 2.48 bits per heavy atom. The highest BCUT2D eigenvalue weighted by Crippen LogP contribution is 2.34. The van der Waals surface area contributed by atoms with E-state index < -0.39 is 12.1 Å². The molecule has 0 aromatic carbocycles. The summed E-state index contributed by atoms with van der Waals surface area (Å²) in [6.45, 7) is 6.19. The van der Waals surface area contributed by atoms with Gasteiger partial charge in [-0.25, -0.2) is 4.39 Å². The van der Waals surface area contributed by atoms with Gasteiger partial charge in [-0.2, -0.15) is 0 Å². The van der Waals surface area contributed by atoms with Gasteiger partial charge in [-0.05, 0) is 71.8 Å². The van der Waals surface area contributed by atoms with Crippen LogP contribution >= 0.6 is 0 Å². The van der Waals surface area contributed by atoms with Crippen molar-refractivity contribution in [3.63, 3.8) is 0 Å². The van der Waals surface area contributed by atoms with Gasteiger partial charge in [0, 0.05) is 18.0 Å². The molecule has 162 valence electrons. The quantitative estimate of drug-likeness (QED) is 0.773. The van der Waals surface area contributed by atoms with Gasteiger partial charge in [0.2, 0.25) is 11.5 Å². The molecule has 6 nitrogen and oxygen atoms in total. The average Bonchev–Trinajstić information content (AvgIpc) is 2.63. The zero-order chi connectivity index (χ0) is 21.0. The molecule has 2 aliphatic rings. The van der Waals surface area contributed by atoms with Gasteiger partial charge in [-0.15, -0.1) is 0 Å². The van der Waals surface area contributed by atoms with E-state index in [9.17, 15) is 14.0 Å². The standard InChI is InChI=1S/C22H33FN2O4/c1-22(2,3)29-17-7-5-16(6-8-17)28-19-9-4-14(23)12-18(19)21(27)25-15-10-11-24-20(26)13-15/h10-11,13-14,16-19H,4-9,12H2,1-3H3,(H2,24,25,26,27). The first kappa shape index (κ1) is 22.0. The summed E-state index contributed by atoms with van der Waals surface area (Å²) in [6.07, 6.45) is 5.25. The molecular formula is C22H33FN2O4. The lowest BCUT2D eigenvalue weighted by Crippen LogP contribution is -2.43. The Hall–Kier alpha value is -1.73. The van der Waals surface area contributed by atoms with E-state index in [1.54, 1.807) is 6.07 Å². The van der Waals surface area contributed by atoms with E-state index in [0.717, 1.165) is 25.7 Å². The lowest BCUT2D eigenvalue weighted by Gasteiger charge is -2.38. The topological polar surface area (TPSA) is 80.4 Å². The summed E-state index contributed by atoms with van der Waals surface area (Å²) in [7, 11) is 0. The molecule has 2 N–H and O–H groups in total. The third-order valence-electron chi connectivity index (χ3n) is 5.61. The fraction of sp³-hybridized carbons (Fsp3) is 0.727. The summed E-state index contributed by atoms with van der Waals surface area (Å²) in [5.41, 5.74) is -0.0320. The number of halogens is 1. The second kappa shape index (κ2) is 9.39. The SMILES string of the molecule is CC(C)(C)OC1CCC(OC2CCC(F)CC2C(=O)Nc2cc[nH]c(=O)c2)CC1. The molecule has 2 fully saturated rings. The Bertz CT molecular complexity index is 737. The zero-order valence-corrected chi connectivity index (χ0v) is 17.6. The molecule has 2 aliphatic carbocycles. The number of aromatic amines is 1. The van der Waals surface area contributed by atoms with Crippen molar-refractivity contribution >= 4 is 11.6 Å². The molecule has 0 saturated heterocycles. The molecule has 3 atom stereocenters. The van der Waals surface area contributed by atoms with Crippen LogP contribution in [0.3, 0.4) is 0 Å². The number of alkyl halides is 1. The molecule has 1 aromatic rings. The summed E-state index contributed by atoms with van der Waals surface area (Å²) >= 11 is 0. The van der Waals surface area contributed by atoms with Gasteiger partial charge in [-0.3, -0.25) is 9.59 Å². The van der Waals surface area contributed by atoms with Crippen LogP contribution in [0.1, 0.15) is 65.7 Å². The van der Waals surface area contributed by atoms with Crippen molar-refractivity contribution in [2.45, 2.75) is 95.8 Å². The number of carbonyl (C=O) groups is 1. The number of nitrogens with one attached hydrogen (secondary N) is 2. The molecule has 0 spiro atoms. The summed E-state index contributed by atoms with van der Waals surface area (Å²) in [5.74, 6) is -0.839. The van der Waals surface area contributed by atoms with E-state index in [0.29, 0.717) is 18.5 Å². The lowest BCUT2D eigenvalue weighted by atomic mass is 9.84. The molecule has 1 heterocycles. The van der Waals surface area contributed by atoms with Gasteiger partial charge in [0.15, 0.2) is 0 Å². The van der Waals surface area contributed by atoms with Gasteiger partial charge in [0.25, 0.3) is 0 Å². The number of H-pyrrole nitrogens is 1. The average molecular weight is 409 g/mol. The first-order valence-electron chi connectivity index (χ1n) is 10.7. The summed E-state index contributed by atoms with van der Waals surface area (Å²) in [5, 5.41) is 2.75. The number of hydrogen-bond acceptors (Lipinski definition) is 4. The number of anilines is 1. The minimum atomic E-state index is -0.999. The van der Waals surface area contributed by atoms with Crippen LogP contribution in [0.4, 0.5) is 10.1 Å². The van der Waals surface area contributed by atoms with Crippen LogP contribution in [0.5, 0.6) is 0 Å². The predicted octanol–water partition coefficient (Wildman–Crippen LogP) is 3.96. The molecule has 3 rings (SSSR count). The maximum absolute atomic E-state index is 14.1. The normalized spacial score (nSPS) is 30.7. The van der Waals surface area contributed by atoms with E-state index in [2.05, 4.69) is 31.1 Å². The molecule has 1 amide bonds. The van der Waals surface area contributed by atoms with Crippen molar-refractivity contribution in [1.29, 1.82) is 0 Å². The Kier molecular flexibility index (Phi) is 7.11. The third kappa shape index (κ3) is 6.64. The molecule has 29 heavy (non-hydrogen) atoms. The molecule has 0 radical (unpaired) electrons. The van der Waals surface area contributed by atoms with E-state index in [1.165, 1.54) is 12.3 Å². The van der Waals surface area contributed by atoms with Gasteiger partial charge in [0.1, 0.15) is 6.17 Å². The van der Waals surface area contributed by atoms with Crippen LogP contribution in [-0.4, -0.2) is 41.0 Å². The van der Waals surface area contributed by atoms with E-state index in [-0.39, 0.29) is 41.8 Å². The van der Waals surface area contributed by atoms with Crippen molar-refractivity contribution in [2.24, 2.45) is 5.92 Å². The number of carbonyl (C=O) groups excluding carboxylic acids is 1. The van der Waals surface area contributed by atoms with Crippen molar-refractivity contribution in [3.05, 3.63) is 28.7 Å². The highest BCUT2D eigenvalue weighted by molar-refractivity contribution is 5.92. The van der Waals surface area contributed by atoms with E-state index in [4.69, 9.17) is 9.47 Å². The molecule has 0 aliphatic heterocycles. The van der Waals surface area contributed by atoms with Crippen LogP contribution in [0.2, 0.25) is 0 Å². The van der Waals surface area contributed by atoms with E-state index in [1.807, 2.05) is 0 Å². The highest BCUT2D eigenvalue weighted by atomic mass is 19.1. The molecule has 7 heteroatoms. The lowest BCUT2D eigenvalue weighted by molar-refractivity contribution is -0.140. The molecule has 2 saturated carbocycles. The Morgan fingerprint density at radius 2 is 1.83 bits per heavy atom. The highest BCUT2D eigenvalue weighted by Gasteiger charge is 2.38. The first-order chi connectivity index (χ1) is 13.7. The number of aromatic nitrogens is 1. The van der Waals surface area contributed by atoms with Crippen LogP contribution < -0.4 is 10.9 Å². The third-order valence-corrected chi connectivity index (χ3v) is 5.61. The van der Waals surface area contributed by atoms with Gasteiger partial charge < -0.3 is 19.8 Å². The van der Waals surface area contributed by atoms with Crippen LogP contribution in [0.25, 0.3) is 0 Å². The summed E-state index contributed by atoms with van der Waals surface area (Å²) in [6, 6.07) is 2.93. The van der Waals surface area contributed by atoms with Crippen molar-refractivity contribution in [2.75, 3.05) is 5.32 Å². The Morgan fingerprint density at radius 1 is 1.14 bits per heavy atom. The minimum Gasteiger partial charge on any atom is -0.374 e. The maximum Gasteiger partial charge on any atom is 0.249 e. The Labute approximate surface area is 171 Å². The minimum absolute atomic E-state index is 0.0749. The monoisotopic (exact) mass is 408 g/mol. The van der Waals surface area contributed by atoms with Gasteiger partial charge in [0.05, 0.1) is 29.8 Å².